The fourth-order valence-electron chi connectivity index (χ4n) is 7.82. The molecule has 68 heavy (non-hydrogen) atoms. The third-order valence-electron chi connectivity index (χ3n) is 11.6. The van der Waals surface area contributed by atoms with Crippen molar-refractivity contribution in [3.63, 3.8) is 0 Å². The minimum Gasteiger partial charge on any atom is -0.494 e. The van der Waals surface area contributed by atoms with Crippen molar-refractivity contribution in [2.75, 3.05) is 30.5 Å². The Morgan fingerprint density at radius 1 is 0.882 bits per heavy atom. The Morgan fingerprint density at radius 3 is 2.21 bits per heavy atom. The van der Waals surface area contributed by atoms with Crippen molar-refractivity contribution >= 4 is 58.2 Å². The van der Waals surface area contributed by atoms with Gasteiger partial charge < -0.3 is 40.3 Å². The Hall–Kier alpha value is -6.29. The van der Waals surface area contributed by atoms with E-state index in [0.29, 0.717) is 55.5 Å². The molecule has 360 valence electrons. The number of ether oxygens (including phenoxy) is 2. The molecule has 1 aliphatic heterocycles. The molecule has 1 unspecified atom stereocenters. The Labute approximate surface area is 407 Å². The first-order valence-corrected chi connectivity index (χ1v) is 24.2. The minimum absolute atomic E-state index is 0.0377. The van der Waals surface area contributed by atoms with Gasteiger partial charge in [0, 0.05) is 44.6 Å². The summed E-state index contributed by atoms with van der Waals surface area (Å²) < 4.78 is 11.9. The van der Waals surface area contributed by atoms with Gasteiger partial charge in [0.2, 0.25) is 29.5 Å². The number of amides is 5. The normalized spacial score (nSPS) is 15.0. The summed E-state index contributed by atoms with van der Waals surface area (Å²) >= 11 is 7.48. The number of alkyl halides is 1. The summed E-state index contributed by atoms with van der Waals surface area (Å²) in [4.78, 5) is 74.4. The predicted molar refractivity (Wildman–Crippen MR) is 265 cm³/mol. The van der Waals surface area contributed by atoms with E-state index in [0.717, 1.165) is 32.8 Å². The van der Waals surface area contributed by atoms with E-state index in [1.165, 1.54) is 4.90 Å². The van der Waals surface area contributed by atoms with Gasteiger partial charge in [0.15, 0.2) is 0 Å². The minimum atomic E-state index is -0.997. The lowest BCUT2D eigenvalue weighted by molar-refractivity contribution is -0.144. The van der Waals surface area contributed by atoms with Crippen LogP contribution in [-0.2, 0) is 37.1 Å². The van der Waals surface area contributed by atoms with Crippen LogP contribution in [0.2, 0.25) is 0 Å². The van der Waals surface area contributed by atoms with Crippen molar-refractivity contribution in [2.45, 2.75) is 98.0 Å². The molecule has 0 aliphatic carbocycles. The number of aliphatic hydroxyl groups is 1. The molecule has 4 aromatic carbocycles. The molecule has 1 fully saturated rings. The maximum atomic E-state index is 14.0. The molecular weight excluding hydrogens is 904 g/mol. The number of nitrogens with zero attached hydrogens (tertiary/aromatic N) is 3. The van der Waals surface area contributed by atoms with Crippen LogP contribution in [0, 0.1) is 19.3 Å². The summed E-state index contributed by atoms with van der Waals surface area (Å²) in [7, 11) is 0. The molecule has 0 spiro atoms. The molecule has 4 N–H and O–H groups in total. The van der Waals surface area contributed by atoms with E-state index < -0.39 is 35.4 Å². The number of aromatic nitrogens is 1. The van der Waals surface area contributed by atoms with Gasteiger partial charge >= 0.3 is 0 Å². The first-order chi connectivity index (χ1) is 32.6. The first kappa shape index (κ1) is 51.1. The topological polar surface area (TPSA) is 179 Å². The van der Waals surface area contributed by atoms with Crippen LogP contribution in [0.5, 0.6) is 17.2 Å². The zero-order valence-electron chi connectivity index (χ0n) is 39.3. The molecule has 16 heteroatoms. The third-order valence-corrected chi connectivity index (χ3v) is 12.8. The van der Waals surface area contributed by atoms with Gasteiger partial charge in [-0.25, -0.2) is 4.98 Å². The van der Waals surface area contributed by atoms with Crippen LogP contribution in [0.15, 0.2) is 103 Å². The number of rotatable bonds is 21. The zero-order chi connectivity index (χ0) is 48.8. The molecule has 2 heterocycles. The summed E-state index contributed by atoms with van der Waals surface area (Å²) in [5.74, 6) is -0.0415. The molecule has 5 amide bonds. The maximum Gasteiger partial charge on any atom is 0.246 e. The highest BCUT2D eigenvalue weighted by molar-refractivity contribution is 7.13. The summed E-state index contributed by atoms with van der Waals surface area (Å²) in [5.41, 5.74) is 6.74. The fraction of sp³-hybridized carbons (Fsp3) is 0.385. The standard InChI is InChI=1S/C52H61ClN6O8S/c1-34-27-37(48-35(2)56-33-68-48)13-14-38(34)30-55-50(64)44-28-40(60)32-59(44)51(65)49(52(3,4)5)57-46(62)24-23-45(61)54-25-9-10-26-66-41-19-21-43(22-20-41)67-42-17-15-39(16-18-42)58(47(63)29-53)31-36-11-7-6-8-12-36/h6-8,11-22,27,33,40,44,49,60H,9-10,23-26,28-32H2,1-5H3,(H,54,61)(H,55,64)(H,57,62)/t40-,44+,49?/m1/s1. The largest absolute Gasteiger partial charge is 0.494 e. The number of nitrogens with one attached hydrogen (secondary N) is 3. The molecule has 0 saturated carbocycles. The van der Waals surface area contributed by atoms with E-state index >= 15 is 0 Å². The van der Waals surface area contributed by atoms with Gasteiger partial charge in [-0.3, -0.25) is 24.0 Å². The number of likely N-dealkylation sites (tertiary alicyclic amines) is 1. The second-order valence-corrected chi connectivity index (χ2v) is 19.1. The van der Waals surface area contributed by atoms with Crippen LogP contribution in [0.1, 0.15) is 75.3 Å². The van der Waals surface area contributed by atoms with Gasteiger partial charge in [-0.1, -0.05) is 69.3 Å². The Balaban J connectivity index is 0.883. The molecule has 0 radical (unpaired) electrons. The zero-order valence-corrected chi connectivity index (χ0v) is 40.8. The summed E-state index contributed by atoms with van der Waals surface area (Å²) in [6, 6.07) is 28.3. The van der Waals surface area contributed by atoms with Crippen LogP contribution in [-0.4, -0.2) is 88.3 Å². The molecule has 5 aromatic rings. The van der Waals surface area contributed by atoms with Crippen LogP contribution < -0.4 is 30.3 Å². The highest BCUT2D eigenvalue weighted by Gasteiger charge is 2.44. The highest BCUT2D eigenvalue weighted by atomic mass is 35.5. The maximum absolute atomic E-state index is 14.0. The summed E-state index contributed by atoms with van der Waals surface area (Å²) in [6.45, 7) is 10.8. The van der Waals surface area contributed by atoms with Crippen molar-refractivity contribution in [1.82, 2.24) is 25.8 Å². The van der Waals surface area contributed by atoms with Crippen molar-refractivity contribution in [2.24, 2.45) is 5.41 Å². The molecule has 14 nitrogen and oxygen atoms in total. The van der Waals surface area contributed by atoms with E-state index in [-0.39, 0.29) is 56.0 Å². The molecule has 1 aromatic heterocycles. The van der Waals surface area contributed by atoms with Gasteiger partial charge in [0.05, 0.1) is 35.3 Å². The van der Waals surface area contributed by atoms with Crippen LogP contribution in [0.4, 0.5) is 5.69 Å². The van der Waals surface area contributed by atoms with Crippen molar-refractivity contribution in [3.8, 4) is 27.7 Å². The van der Waals surface area contributed by atoms with Crippen LogP contribution in [0.25, 0.3) is 10.4 Å². The number of unbranched alkanes of at least 4 members (excludes halogenated alkanes) is 1. The molecular formula is C52H61ClN6O8S. The Kier molecular flexibility index (Phi) is 18.1. The highest BCUT2D eigenvalue weighted by Crippen LogP contribution is 2.31. The molecule has 0 bridgehead atoms. The van der Waals surface area contributed by atoms with Crippen LogP contribution >= 0.6 is 22.9 Å². The number of aliphatic hydroxyl groups excluding tert-OH is 1. The second kappa shape index (κ2) is 24.1. The average molecular weight is 966 g/mol. The number of benzene rings is 4. The second-order valence-electron chi connectivity index (χ2n) is 18.0. The number of β-amino-alcohol motifs (C(OH)–C–C–N with tert-alkyl or cyclic N) is 1. The molecule has 3 atom stereocenters. The van der Waals surface area contributed by atoms with Crippen molar-refractivity contribution in [1.29, 1.82) is 0 Å². The van der Waals surface area contributed by atoms with Gasteiger partial charge in [0.1, 0.15) is 35.2 Å². The Morgan fingerprint density at radius 2 is 1.56 bits per heavy atom. The number of aryl methyl sites for hydroxylation is 2. The van der Waals surface area contributed by atoms with E-state index in [2.05, 4.69) is 27.0 Å². The number of thiazole rings is 1. The monoisotopic (exact) mass is 964 g/mol. The average Bonchev–Trinajstić information content (AvgIpc) is 3.95. The van der Waals surface area contributed by atoms with Gasteiger partial charge in [-0.05, 0) is 103 Å². The Bertz CT molecular complexity index is 2500. The smallest absolute Gasteiger partial charge is 0.246 e. The summed E-state index contributed by atoms with van der Waals surface area (Å²) in [5, 5.41) is 19.2. The number of hydrogen-bond acceptors (Lipinski definition) is 10. The fourth-order valence-corrected chi connectivity index (χ4v) is 8.77. The lowest BCUT2D eigenvalue weighted by atomic mass is 9.85. The number of hydrogen-bond donors (Lipinski definition) is 4. The number of anilines is 1. The quantitative estimate of drug-likeness (QED) is 0.0421. The van der Waals surface area contributed by atoms with Gasteiger partial charge in [0.25, 0.3) is 0 Å². The van der Waals surface area contributed by atoms with E-state index in [9.17, 15) is 29.1 Å². The van der Waals surface area contributed by atoms with E-state index in [1.54, 1.807) is 40.5 Å². The predicted octanol–water partition coefficient (Wildman–Crippen LogP) is 7.86. The number of halogens is 1. The summed E-state index contributed by atoms with van der Waals surface area (Å²) in [6.07, 6.45) is 0.327. The SMILES string of the molecule is Cc1cc(-c2scnc2C)ccc1CNC(=O)[C@@H]1C[C@@H](O)CN1C(=O)C(NC(=O)CCC(=O)NCCCCOc1ccc(Oc2ccc(N(Cc3ccccc3)C(=O)CCl)cc2)cc1)C(C)(C)C. The molecule has 1 aliphatic rings. The van der Waals surface area contributed by atoms with E-state index in [1.807, 2.05) is 107 Å². The lowest BCUT2D eigenvalue weighted by Crippen LogP contribution is -2.57. The lowest BCUT2D eigenvalue weighted by Gasteiger charge is -2.35. The van der Waals surface area contributed by atoms with Crippen molar-refractivity contribution in [3.05, 3.63) is 125 Å². The first-order valence-electron chi connectivity index (χ1n) is 22.8. The number of carbonyl (C=O) groups is 5. The van der Waals surface area contributed by atoms with Gasteiger partial charge in [-0.2, -0.15) is 0 Å². The van der Waals surface area contributed by atoms with Crippen molar-refractivity contribution < 1.29 is 38.6 Å². The van der Waals surface area contributed by atoms with Gasteiger partial charge in [-0.15, -0.1) is 22.9 Å². The molecule has 6 rings (SSSR count). The van der Waals surface area contributed by atoms with Crippen LogP contribution in [0.3, 0.4) is 0 Å². The van der Waals surface area contributed by atoms with E-state index in [4.69, 9.17) is 21.1 Å². The number of carbonyl (C=O) groups excluding carboxylic acids is 5. The molecule has 1 saturated heterocycles. The third kappa shape index (κ3) is 14.4.